The zero-order valence-electron chi connectivity index (χ0n) is 13.8. The summed E-state index contributed by atoms with van der Waals surface area (Å²) in [6.07, 6.45) is -4.79. The number of anilines is 1. The Bertz CT molecular complexity index is 954. The third-order valence-electron chi connectivity index (χ3n) is 3.44. The van der Waals surface area contributed by atoms with Crippen molar-refractivity contribution in [3.63, 3.8) is 0 Å². The smallest absolute Gasteiger partial charge is 0.406 e. The van der Waals surface area contributed by atoms with E-state index < -0.39 is 18.0 Å². The first-order valence-corrected chi connectivity index (χ1v) is 8.35. The molecule has 10 heteroatoms. The Morgan fingerprint density at radius 2 is 1.74 bits per heavy atom. The maximum absolute atomic E-state index is 12.2. The van der Waals surface area contributed by atoms with E-state index in [2.05, 4.69) is 36.1 Å². The van der Waals surface area contributed by atoms with Crippen LogP contribution >= 0.6 is 15.9 Å². The Balaban J connectivity index is 1.73. The zero-order chi connectivity index (χ0) is 19.6. The van der Waals surface area contributed by atoms with Crippen LogP contribution in [-0.4, -0.2) is 27.0 Å². The average molecular weight is 441 g/mol. The molecule has 6 nitrogen and oxygen atoms in total. The van der Waals surface area contributed by atoms with Crippen LogP contribution in [0.2, 0.25) is 0 Å². The summed E-state index contributed by atoms with van der Waals surface area (Å²) in [4.78, 5) is 16.5. The van der Waals surface area contributed by atoms with Crippen molar-refractivity contribution in [1.29, 1.82) is 0 Å². The summed E-state index contributed by atoms with van der Waals surface area (Å²) in [6.45, 7) is 0. The van der Waals surface area contributed by atoms with Gasteiger partial charge in [-0.25, -0.2) is 4.68 Å². The highest BCUT2D eigenvalue weighted by Crippen LogP contribution is 2.23. The Morgan fingerprint density at radius 3 is 2.33 bits per heavy atom. The highest BCUT2D eigenvalue weighted by molar-refractivity contribution is 9.10. The summed E-state index contributed by atoms with van der Waals surface area (Å²) in [5.41, 5.74) is 0.949. The molecule has 1 N–H and O–H groups in total. The van der Waals surface area contributed by atoms with Gasteiger partial charge in [0, 0.05) is 22.6 Å². The van der Waals surface area contributed by atoms with Gasteiger partial charge in [-0.3, -0.25) is 10.1 Å². The summed E-state index contributed by atoms with van der Waals surface area (Å²) in [6, 6.07) is 11.9. The van der Waals surface area contributed by atoms with Crippen molar-refractivity contribution in [1.82, 2.24) is 14.8 Å². The summed E-state index contributed by atoms with van der Waals surface area (Å²) in [7, 11) is 1.68. The van der Waals surface area contributed by atoms with Crippen molar-refractivity contribution in [2.24, 2.45) is 7.05 Å². The molecule has 0 saturated carbocycles. The van der Waals surface area contributed by atoms with Gasteiger partial charge in [0.25, 0.3) is 5.91 Å². The Hall–Kier alpha value is -2.88. The second-order valence-corrected chi connectivity index (χ2v) is 6.33. The number of halogens is 4. The second kappa shape index (κ2) is 7.39. The lowest BCUT2D eigenvalue weighted by Gasteiger charge is -2.08. The van der Waals surface area contributed by atoms with Gasteiger partial charge in [-0.15, -0.1) is 18.3 Å². The second-order valence-electron chi connectivity index (χ2n) is 5.42. The number of rotatable bonds is 4. The summed E-state index contributed by atoms with van der Waals surface area (Å²) < 4.78 is 42.7. The Kier molecular flexibility index (Phi) is 5.17. The molecular formula is C17H12BrF3N4O2. The molecule has 2 aromatic carbocycles. The first-order valence-electron chi connectivity index (χ1n) is 7.55. The first kappa shape index (κ1) is 18.9. The molecule has 0 aliphatic heterocycles. The number of amides is 1. The summed E-state index contributed by atoms with van der Waals surface area (Å²) >= 11 is 3.35. The number of benzene rings is 2. The topological polar surface area (TPSA) is 69.0 Å². The molecule has 1 amide bonds. The number of hydrogen-bond acceptors (Lipinski definition) is 4. The van der Waals surface area contributed by atoms with Gasteiger partial charge in [0.05, 0.1) is 0 Å². The maximum atomic E-state index is 12.2. The zero-order valence-corrected chi connectivity index (χ0v) is 15.4. The lowest BCUT2D eigenvalue weighted by molar-refractivity contribution is -0.274. The van der Waals surface area contributed by atoms with E-state index in [1.54, 1.807) is 7.05 Å². The minimum absolute atomic E-state index is 0.0797. The third-order valence-corrected chi connectivity index (χ3v) is 3.97. The number of carbonyl (C=O) groups is 1. The highest BCUT2D eigenvalue weighted by Gasteiger charge is 2.31. The third kappa shape index (κ3) is 4.85. The molecule has 0 aliphatic carbocycles. The van der Waals surface area contributed by atoms with Crippen LogP contribution < -0.4 is 10.1 Å². The predicted octanol–water partition coefficient (Wildman–Crippen LogP) is 4.40. The normalized spacial score (nSPS) is 11.3. The number of aromatic nitrogens is 3. The van der Waals surface area contributed by atoms with Crippen LogP contribution in [0.3, 0.4) is 0 Å². The van der Waals surface area contributed by atoms with Crippen molar-refractivity contribution in [2.45, 2.75) is 6.36 Å². The van der Waals surface area contributed by atoms with Gasteiger partial charge in [-0.2, -0.15) is 4.98 Å². The van der Waals surface area contributed by atoms with Gasteiger partial charge in [0.1, 0.15) is 5.75 Å². The molecule has 3 rings (SSSR count). The summed E-state index contributed by atoms with van der Waals surface area (Å²) in [5.74, 6) is -0.336. The van der Waals surface area contributed by atoms with Crippen LogP contribution in [0, 0.1) is 0 Å². The van der Waals surface area contributed by atoms with Crippen molar-refractivity contribution in [3.05, 3.63) is 58.6 Å². The predicted molar refractivity (Wildman–Crippen MR) is 95.2 cm³/mol. The fraction of sp³-hybridized carbons (Fsp3) is 0.118. The van der Waals surface area contributed by atoms with Crippen LogP contribution in [0.25, 0.3) is 11.4 Å². The van der Waals surface area contributed by atoms with Crippen LogP contribution in [0.4, 0.5) is 19.1 Å². The molecule has 0 unspecified atom stereocenters. The van der Waals surface area contributed by atoms with E-state index >= 15 is 0 Å². The van der Waals surface area contributed by atoms with Crippen molar-refractivity contribution < 1.29 is 22.7 Å². The molecule has 0 aliphatic rings. The molecule has 0 bridgehead atoms. The van der Waals surface area contributed by atoms with Crippen molar-refractivity contribution in [2.75, 3.05) is 5.32 Å². The number of alkyl halides is 3. The van der Waals surface area contributed by atoms with E-state index in [1.165, 1.54) is 16.8 Å². The van der Waals surface area contributed by atoms with E-state index in [0.29, 0.717) is 5.82 Å². The van der Waals surface area contributed by atoms with Crippen molar-refractivity contribution in [3.8, 4) is 17.1 Å². The molecule has 27 heavy (non-hydrogen) atoms. The summed E-state index contributed by atoms with van der Waals surface area (Å²) in [5, 5.41) is 6.64. The maximum Gasteiger partial charge on any atom is 0.573 e. The SMILES string of the molecule is Cn1nc(NC(=O)c2ccc(OC(F)(F)F)cc2)nc1-c1ccc(Br)cc1. The van der Waals surface area contributed by atoms with Gasteiger partial charge in [-0.1, -0.05) is 28.1 Å². The molecular weight excluding hydrogens is 429 g/mol. The van der Waals surface area contributed by atoms with Gasteiger partial charge >= 0.3 is 6.36 Å². The van der Waals surface area contributed by atoms with Gasteiger partial charge < -0.3 is 4.74 Å². The Morgan fingerprint density at radius 1 is 1.11 bits per heavy atom. The average Bonchev–Trinajstić information content (AvgIpc) is 2.95. The minimum atomic E-state index is -4.79. The number of ether oxygens (including phenoxy) is 1. The highest BCUT2D eigenvalue weighted by atomic mass is 79.9. The monoisotopic (exact) mass is 440 g/mol. The standard InChI is InChI=1S/C17H12BrF3N4O2/c1-25-14(10-2-6-12(18)7-3-10)22-16(24-25)23-15(26)11-4-8-13(9-5-11)27-17(19,20)21/h2-9H,1H3,(H,23,24,26). The fourth-order valence-corrected chi connectivity index (χ4v) is 2.53. The van der Waals surface area contributed by atoms with Crippen LogP contribution in [0.15, 0.2) is 53.0 Å². The molecule has 0 atom stereocenters. The van der Waals surface area contributed by atoms with E-state index in [9.17, 15) is 18.0 Å². The van der Waals surface area contributed by atoms with Crippen LogP contribution in [-0.2, 0) is 7.05 Å². The van der Waals surface area contributed by atoms with Crippen LogP contribution in [0.1, 0.15) is 10.4 Å². The lowest BCUT2D eigenvalue weighted by atomic mass is 10.2. The molecule has 0 radical (unpaired) electrons. The first-order chi connectivity index (χ1) is 12.7. The van der Waals surface area contributed by atoms with E-state index in [1.807, 2.05) is 24.3 Å². The number of aryl methyl sites for hydroxylation is 1. The van der Waals surface area contributed by atoms with Crippen molar-refractivity contribution >= 4 is 27.8 Å². The van der Waals surface area contributed by atoms with Gasteiger partial charge in [0.15, 0.2) is 5.82 Å². The molecule has 1 heterocycles. The number of nitrogens with one attached hydrogen (secondary N) is 1. The van der Waals surface area contributed by atoms with Gasteiger partial charge in [-0.05, 0) is 36.4 Å². The van der Waals surface area contributed by atoms with Crippen LogP contribution in [0.5, 0.6) is 5.75 Å². The van der Waals surface area contributed by atoms with E-state index in [-0.39, 0.29) is 11.5 Å². The number of carbonyl (C=O) groups excluding carboxylic acids is 1. The molecule has 140 valence electrons. The molecule has 0 spiro atoms. The largest absolute Gasteiger partial charge is 0.573 e. The molecule has 1 aromatic heterocycles. The van der Waals surface area contributed by atoms with Gasteiger partial charge in [0.2, 0.25) is 5.95 Å². The molecule has 0 fully saturated rings. The quantitative estimate of drug-likeness (QED) is 0.652. The van der Waals surface area contributed by atoms with E-state index in [0.717, 1.165) is 22.2 Å². The Labute approximate surface area is 160 Å². The molecule has 3 aromatic rings. The number of nitrogens with zero attached hydrogens (tertiary/aromatic N) is 3. The number of hydrogen-bond donors (Lipinski definition) is 1. The lowest BCUT2D eigenvalue weighted by Crippen LogP contribution is -2.17. The van der Waals surface area contributed by atoms with E-state index in [4.69, 9.17) is 0 Å². The fourth-order valence-electron chi connectivity index (χ4n) is 2.27. The molecule has 0 saturated heterocycles. The minimum Gasteiger partial charge on any atom is -0.406 e.